The average Bonchev–Trinajstić information content (AvgIpc) is 2.65. The molecule has 3 atom stereocenters. The SMILES string of the molecule is Cc1cn([C@H]2C[13C@H](O)[C@@H](CO)O2)c(=O)[nH]c1=O. The van der Waals surface area contributed by atoms with Gasteiger partial charge in [0.15, 0.2) is 0 Å². The van der Waals surface area contributed by atoms with Crippen LogP contribution in [0.3, 0.4) is 0 Å². The van der Waals surface area contributed by atoms with E-state index >= 15 is 0 Å². The van der Waals surface area contributed by atoms with Gasteiger partial charge in [-0.3, -0.25) is 14.3 Å². The molecule has 2 rings (SSSR count). The molecule has 7 heteroatoms. The monoisotopic (exact) mass is 243 g/mol. The van der Waals surface area contributed by atoms with Crippen molar-refractivity contribution in [1.82, 2.24) is 9.55 Å². The van der Waals surface area contributed by atoms with E-state index < -0.39 is 29.7 Å². The van der Waals surface area contributed by atoms with Crippen LogP contribution in [-0.4, -0.2) is 38.6 Å². The molecule has 17 heavy (non-hydrogen) atoms. The zero-order valence-corrected chi connectivity index (χ0v) is 9.29. The predicted molar refractivity (Wildman–Crippen MR) is 57.7 cm³/mol. The fourth-order valence-corrected chi connectivity index (χ4v) is 1.85. The molecule has 0 bridgehead atoms. The molecule has 0 aliphatic carbocycles. The number of aliphatic hydroxyl groups excluding tert-OH is 2. The molecule has 1 aliphatic rings. The average molecular weight is 243 g/mol. The summed E-state index contributed by atoms with van der Waals surface area (Å²) in [5.41, 5.74) is -0.643. The molecular weight excluding hydrogens is 229 g/mol. The van der Waals surface area contributed by atoms with E-state index in [9.17, 15) is 14.7 Å². The lowest BCUT2D eigenvalue weighted by molar-refractivity contribution is -0.0459. The number of H-pyrrole nitrogens is 1. The van der Waals surface area contributed by atoms with Gasteiger partial charge in [0.1, 0.15) is 12.3 Å². The molecule has 0 amide bonds. The number of aliphatic hydroxyl groups is 2. The first-order valence-corrected chi connectivity index (χ1v) is 5.29. The van der Waals surface area contributed by atoms with Gasteiger partial charge < -0.3 is 14.9 Å². The lowest BCUT2D eigenvalue weighted by atomic mass is 10.3. The van der Waals surface area contributed by atoms with Gasteiger partial charge in [0.05, 0.1) is 12.7 Å². The van der Waals surface area contributed by atoms with E-state index in [2.05, 4.69) is 4.98 Å². The maximum Gasteiger partial charge on any atom is 0.330 e. The Hall–Kier alpha value is -1.44. The lowest BCUT2D eigenvalue weighted by Crippen LogP contribution is -2.33. The van der Waals surface area contributed by atoms with Crippen molar-refractivity contribution in [2.24, 2.45) is 0 Å². The zero-order valence-electron chi connectivity index (χ0n) is 9.29. The van der Waals surface area contributed by atoms with Crippen molar-refractivity contribution in [2.45, 2.75) is 31.8 Å². The quantitative estimate of drug-likeness (QED) is 0.547. The van der Waals surface area contributed by atoms with Crippen LogP contribution in [0, 0.1) is 6.92 Å². The van der Waals surface area contributed by atoms with Crippen LogP contribution in [0.1, 0.15) is 18.2 Å². The Balaban J connectivity index is 2.34. The molecule has 1 saturated heterocycles. The molecule has 0 aromatic carbocycles. The third kappa shape index (κ3) is 2.17. The van der Waals surface area contributed by atoms with Gasteiger partial charge >= 0.3 is 5.69 Å². The number of aromatic amines is 1. The van der Waals surface area contributed by atoms with Crippen LogP contribution in [0.15, 0.2) is 15.8 Å². The highest BCUT2D eigenvalue weighted by molar-refractivity contribution is 5.02. The molecule has 3 N–H and O–H groups in total. The molecule has 2 heterocycles. The Kier molecular flexibility index (Phi) is 3.14. The molecule has 1 aromatic rings. The number of nitrogens with one attached hydrogen (secondary N) is 1. The first-order valence-electron chi connectivity index (χ1n) is 5.29. The number of nitrogens with zero attached hydrogens (tertiary/aromatic N) is 1. The van der Waals surface area contributed by atoms with E-state index in [0.29, 0.717) is 5.56 Å². The number of hydrogen-bond acceptors (Lipinski definition) is 5. The molecule has 1 aromatic heterocycles. The van der Waals surface area contributed by atoms with Crippen molar-refractivity contribution >= 4 is 0 Å². The summed E-state index contributed by atoms with van der Waals surface area (Å²) < 4.78 is 6.54. The van der Waals surface area contributed by atoms with Crippen molar-refractivity contribution in [3.8, 4) is 0 Å². The van der Waals surface area contributed by atoms with Crippen molar-refractivity contribution in [3.63, 3.8) is 0 Å². The van der Waals surface area contributed by atoms with Gasteiger partial charge in [-0.2, -0.15) is 0 Å². The second-order valence-corrected chi connectivity index (χ2v) is 4.09. The molecule has 0 unspecified atom stereocenters. The maximum absolute atomic E-state index is 11.6. The first kappa shape index (κ1) is 12.0. The smallest absolute Gasteiger partial charge is 0.330 e. The molecule has 7 nitrogen and oxygen atoms in total. The molecule has 0 spiro atoms. The summed E-state index contributed by atoms with van der Waals surface area (Å²) in [7, 11) is 0. The van der Waals surface area contributed by atoms with Gasteiger partial charge in [0, 0.05) is 18.2 Å². The van der Waals surface area contributed by atoms with E-state index in [1.54, 1.807) is 6.92 Å². The van der Waals surface area contributed by atoms with Gasteiger partial charge in [-0.25, -0.2) is 4.79 Å². The van der Waals surface area contributed by atoms with Crippen molar-refractivity contribution in [1.29, 1.82) is 0 Å². The molecular formula is C10H14N2O5. The summed E-state index contributed by atoms with van der Waals surface area (Å²) in [4.78, 5) is 24.9. The Morgan fingerprint density at radius 1 is 1.59 bits per heavy atom. The Labute approximate surface area is 96.3 Å². The minimum atomic E-state index is -0.816. The first-order chi connectivity index (χ1) is 8.02. The Bertz CT molecular complexity index is 520. The van der Waals surface area contributed by atoms with E-state index in [0.717, 1.165) is 0 Å². The number of hydrogen-bond donors (Lipinski definition) is 3. The van der Waals surface area contributed by atoms with Crippen molar-refractivity contribution in [3.05, 3.63) is 32.6 Å². The number of ether oxygens (including phenoxy) is 1. The van der Waals surface area contributed by atoms with Crippen LogP contribution >= 0.6 is 0 Å². The van der Waals surface area contributed by atoms with Gasteiger partial charge in [0.25, 0.3) is 5.56 Å². The minimum Gasteiger partial charge on any atom is -0.394 e. The molecule has 94 valence electrons. The fourth-order valence-electron chi connectivity index (χ4n) is 1.85. The largest absolute Gasteiger partial charge is 0.394 e. The zero-order chi connectivity index (χ0) is 12.6. The van der Waals surface area contributed by atoms with Crippen LogP contribution in [0.2, 0.25) is 0 Å². The van der Waals surface area contributed by atoms with Crippen molar-refractivity contribution < 1.29 is 14.9 Å². The minimum absolute atomic E-state index is 0.205. The number of aryl methyl sites for hydroxylation is 1. The maximum atomic E-state index is 11.6. The second-order valence-electron chi connectivity index (χ2n) is 4.09. The van der Waals surface area contributed by atoms with E-state index in [1.165, 1.54) is 10.8 Å². The highest BCUT2D eigenvalue weighted by atomic mass is 16.6. The number of aromatic nitrogens is 2. The van der Waals surface area contributed by atoms with Gasteiger partial charge in [-0.05, 0) is 6.92 Å². The van der Waals surface area contributed by atoms with E-state index in [4.69, 9.17) is 9.84 Å². The summed E-state index contributed by atoms with van der Waals surface area (Å²) in [6.45, 7) is 1.26. The van der Waals surface area contributed by atoms with Gasteiger partial charge in [-0.1, -0.05) is 0 Å². The summed E-state index contributed by atoms with van der Waals surface area (Å²) >= 11 is 0. The Morgan fingerprint density at radius 3 is 2.88 bits per heavy atom. The summed E-state index contributed by atoms with van der Waals surface area (Å²) in [5.74, 6) is 0. The number of rotatable bonds is 2. The van der Waals surface area contributed by atoms with Gasteiger partial charge in [0.2, 0.25) is 0 Å². The summed E-state index contributed by atoms with van der Waals surface area (Å²) in [6.07, 6.45) is -0.581. The highest BCUT2D eigenvalue weighted by Crippen LogP contribution is 2.27. The topological polar surface area (TPSA) is 105 Å². The van der Waals surface area contributed by atoms with Crippen LogP contribution in [0.5, 0.6) is 0 Å². The molecule has 1 fully saturated rings. The highest BCUT2D eigenvalue weighted by Gasteiger charge is 2.34. The van der Waals surface area contributed by atoms with Crippen LogP contribution in [0.4, 0.5) is 0 Å². The molecule has 0 saturated carbocycles. The van der Waals surface area contributed by atoms with Crippen molar-refractivity contribution in [2.75, 3.05) is 6.61 Å². The van der Waals surface area contributed by atoms with E-state index in [1.807, 2.05) is 0 Å². The van der Waals surface area contributed by atoms with Gasteiger partial charge in [-0.15, -0.1) is 0 Å². The van der Waals surface area contributed by atoms with Crippen LogP contribution in [-0.2, 0) is 4.74 Å². The summed E-state index contributed by atoms with van der Waals surface area (Å²) in [6, 6.07) is 0. The lowest BCUT2D eigenvalue weighted by Gasteiger charge is -2.14. The van der Waals surface area contributed by atoms with Crippen LogP contribution < -0.4 is 11.2 Å². The van der Waals surface area contributed by atoms with Crippen LogP contribution in [0.25, 0.3) is 0 Å². The van der Waals surface area contributed by atoms with E-state index in [-0.39, 0.29) is 13.0 Å². The fraction of sp³-hybridized carbons (Fsp3) is 0.600. The normalized spacial score (nSPS) is 28.5. The molecule has 0 radical (unpaired) electrons. The Morgan fingerprint density at radius 2 is 2.29 bits per heavy atom. The predicted octanol–water partition coefficient (Wildman–Crippen LogP) is -1.51. The summed E-state index contributed by atoms with van der Waals surface area (Å²) in [5, 5.41) is 18.5. The second kappa shape index (κ2) is 4.44. The standard InChI is InChI=1S/C10H14N2O5/c1-5-3-12(10(16)11-9(5)15)8-2-6(14)7(4-13)17-8/h3,6-8,13-14H,2,4H2,1H3,(H,11,15,16)/t6-,7+,8+/m0/s1/i6+1. The molecule has 1 aliphatic heterocycles. The third-order valence-corrected chi connectivity index (χ3v) is 2.84. The third-order valence-electron chi connectivity index (χ3n) is 2.84.